The van der Waals surface area contributed by atoms with Crippen LogP contribution in [0.5, 0.6) is 0 Å². The summed E-state index contributed by atoms with van der Waals surface area (Å²) in [5.41, 5.74) is 1.92. The van der Waals surface area contributed by atoms with Gasteiger partial charge in [-0.15, -0.1) is 0 Å². The molecule has 0 bridgehead atoms. The van der Waals surface area contributed by atoms with Crippen molar-refractivity contribution >= 4 is 19.0 Å². The maximum atomic E-state index is 10.9. The summed E-state index contributed by atoms with van der Waals surface area (Å²) >= 11 is 0. The van der Waals surface area contributed by atoms with Crippen LogP contribution in [0.1, 0.15) is 5.56 Å². The van der Waals surface area contributed by atoms with Gasteiger partial charge in [0.25, 0.3) is 0 Å². The summed E-state index contributed by atoms with van der Waals surface area (Å²) in [6.45, 7) is 1.85. The Morgan fingerprint density at radius 2 is 2.00 bits per heavy atom. The summed E-state index contributed by atoms with van der Waals surface area (Å²) in [4.78, 5) is 10.9. The Morgan fingerprint density at radius 3 is 2.38 bits per heavy atom. The molecular weight excluding hydrogens is 185 g/mol. The fourth-order valence-corrected chi connectivity index (χ4v) is 1.80. The van der Waals surface area contributed by atoms with Crippen LogP contribution in [0.15, 0.2) is 18.2 Å². The molecule has 1 unspecified atom stereocenters. The number of hydrogen-bond donors (Lipinski definition) is 1. The zero-order valence-corrected chi connectivity index (χ0v) is 9.03. The Labute approximate surface area is 78.9 Å². The van der Waals surface area contributed by atoms with E-state index in [1.165, 1.54) is 0 Å². The van der Waals surface area contributed by atoms with Gasteiger partial charge in [-0.3, -0.25) is 4.57 Å². The molecule has 0 aromatic heterocycles. The molecule has 0 heterocycles. The molecule has 3 nitrogen and oxygen atoms in total. The minimum atomic E-state index is -2.55. The van der Waals surface area contributed by atoms with E-state index in [1.807, 2.05) is 38.1 Å². The third-order valence-corrected chi connectivity index (χ3v) is 2.98. The van der Waals surface area contributed by atoms with Crippen LogP contribution in [0.25, 0.3) is 0 Å². The van der Waals surface area contributed by atoms with E-state index in [2.05, 4.69) is 0 Å². The van der Waals surface area contributed by atoms with Crippen LogP contribution in [0, 0.1) is 6.92 Å². The summed E-state index contributed by atoms with van der Waals surface area (Å²) in [6.07, 6.45) is 0. The predicted octanol–water partition coefficient (Wildman–Crippen LogP) is 1.15. The molecule has 1 aromatic carbocycles. The Kier molecular flexibility index (Phi) is 3.12. The van der Waals surface area contributed by atoms with E-state index in [1.54, 1.807) is 6.07 Å². The standard InChI is InChI=1S/C9H14NO2P/c1-7-6-8(10(2)3)4-5-9(7)13(11)12/h4-6,13H,1-3H3,(H,11,12). The summed E-state index contributed by atoms with van der Waals surface area (Å²) in [6, 6.07) is 5.47. The van der Waals surface area contributed by atoms with Gasteiger partial charge in [-0.05, 0) is 30.7 Å². The van der Waals surface area contributed by atoms with E-state index >= 15 is 0 Å². The van der Waals surface area contributed by atoms with Crippen LogP contribution in [-0.4, -0.2) is 19.0 Å². The van der Waals surface area contributed by atoms with Gasteiger partial charge >= 0.3 is 0 Å². The van der Waals surface area contributed by atoms with Gasteiger partial charge in [0.05, 0.1) is 0 Å². The molecule has 1 rings (SSSR count). The van der Waals surface area contributed by atoms with Gasteiger partial charge in [0.1, 0.15) is 0 Å². The molecule has 13 heavy (non-hydrogen) atoms. The van der Waals surface area contributed by atoms with Crippen molar-refractivity contribution in [3.8, 4) is 0 Å². The van der Waals surface area contributed by atoms with Crippen LogP contribution < -0.4 is 10.2 Å². The van der Waals surface area contributed by atoms with Gasteiger partial charge in [0.2, 0.25) is 8.03 Å². The molecule has 72 valence electrons. The first kappa shape index (κ1) is 10.3. The fraction of sp³-hybridized carbons (Fsp3) is 0.333. The molecule has 0 amide bonds. The van der Waals surface area contributed by atoms with E-state index in [4.69, 9.17) is 4.89 Å². The molecule has 0 aliphatic heterocycles. The molecule has 1 aromatic rings. The van der Waals surface area contributed by atoms with Crippen molar-refractivity contribution < 1.29 is 9.46 Å². The number of hydrogen-bond acceptors (Lipinski definition) is 2. The Hall–Kier alpha value is -0.790. The maximum Gasteiger partial charge on any atom is 0.218 e. The highest BCUT2D eigenvalue weighted by Crippen LogP contribution is 2.19. The second-order valence-corrected chi connectivity index (χ2v) is 4.35. The Balaban J connectivity index is 3.13. The molecule has 0 aliphatic rings. The van der Waals surface area contributed by atoms with Gasteiger partial charge in [0.15, 0.2) is 0 Å². The van der Waals surface area contributed by atoms with Gasteiger partial charge in [0, 0.05) is 25.1 Å². The molecule has 0 saturated carbocycles. The molecule has 0 fully saturated rings. The first-order valence-electron chi connectivity index (χ1n) is 4.03. The summed E-state index contributed by atoms with van der Waals surface area (Å²) in [5.74, 6) is 0. The Bertz CT molecular complexity index is 336. The van der Waals surface area contributed by atoms with Crippen molar-refractivity contribution in [1.82, 2.24) is 0 Å². The molecule has 0 saturated heterocycles. The van der Waals surface area contributed by atoms with Crippen LogP contribution in [-0.2, 0) is 4.57 Å². The lowest BCUT2D eigenvalue weighted by molar-refractivity contribution is 0.513. The summed E-state index contributed by atoms with van der Waals surface area (Å²) in [5, 5.41) is 0.551. The second kappa shape index (κ2) is 3.95. The smallest absolute Gasteiger partial charge is 0.218 e. The number of rotatable bonds is 2. The van der Waals surface area contributed by atoms with Gasteiger partial charge in [-0.1, -0.05) is 0 Å². The first-order chi connectivity index (χ1) is 6.02. The predicted molar refractivity (Wildman–Crippen MR) is 56.4 cm³/mol. The summed E-state index contributed by atoms with van der Waals surface area (Å²) in [7, 11) is 1.33. The fourth-order valence-electron chi connectivity index (χ4n) is 1.17. The zero-order chi connectivity index (χ0) is 10.0. The second-order valence-electron chi connectivity index (χ2n) is 3.20. The maximum absolute atomic E-state index is 10.9. The average Bonchev–Trinajstić information content (AvgIpc) is 2.03. The Morgan fingerprint density at radius 1 is 1.38 bits per heavy atom. The van der Waals surface area contributed by atoms with E-state index in [9.17, 15) is 4.57 Å². The third kappa shape index (κ3) is 2.33. The largest absolute Gasteiger partial charge is 0.378 e. The van der Waals surface area contributed by atoms with E-state index in [0.29, 0.717) is 5.30 Å². The summed E-state index contributed by atoms with van der Waals surface area (Å²) < 4.78 is 10.9. The monoisotopic (exact) mass is 199 g/mol. The number of benzene rings is 1. The van der Waals surface area contributed by atoms with Crippen LogP contribution in [0.4, 0.5) is 5.69 Å². The number of aryl methyl sites for hydroxylation is 1. The highest BCUT2D eigenvalue weighted by Gasteiger charge is 2.04. The SMILES string of the molecule is Cc1cc(N(C)C)ccc1[PH](=O)O. The number of nitrogens with zero attached hydrogens (tertiary/aromatic N) is 1. The average molecular weight is 199 g/mol. The van der Waals surface area contributed by atoms with Crippen molar-refractivity contribution in [2.24, 2.45) is 0 Å². The highest BCUT2D eigenvalue weighted by atomic mass is 31.1. The molecule has 1 atom stereocenters. The number of anilines is 1. The van der Waals surface area contributed by atoms with Gasteiger partial charge in [-0.25, -0.2) is 0 Å². The van der Waals surface area contributed by atoms with Gasteiger partial charge < -0.3 is 9.79 Å². The molecule has 0 radical (unpaired) electrons. The van der Waals surface area contributed by atoms with Crippen molar-refractivity contribution in [1.29, 1.82) is 0 Å². The van der Waals surface area contributed by atoms with Crippen LogP contribution in [0.2, 0.25) is 0 Å². The van der Waals surface area contributed by atoms with Crippen LogP contribution >= 0.6 is 8.03 Å². The molecule has 1 N–H and O–H groups in total. The minimum absolute atomic E-state index is 0.551. The van der Waals surface area contributed by atoms with Crippen LogP contribution in [0.3, 0.4) is 0 Å². The van der Waals surface area contributed by atoms with Gasteiger partial charge in [-0.2, -0.15) is 0 Å². The molecular formula is C9H14NO2P. The molecule has 0 spiro atoms. The van der Waals surface area contributed by atoms with E-state index in [0.717, 1.165) is 11.3 Å². The normalized spacial score (nSPS) is 12.6. The van der Waals surface area contributed by atoms with Crippen molar-refractivity contribution in [3.63, 3.8) is 0 Å². The molecule has 0 aliphatic carbocycles. The lowest BCUT2D eigenvalue weighted by Crippen LogP contribution is -2.11. The van der Waals surface area contributed by atoms with Crippen molar-refractivity contribution in [3.05, 3.63) is 23.8 Å². The van der Waals surface area contributed by atoms with E-state index < -0.39 is 8.03 Å². The zero-order valence-electron chi connectivity index (χ0n) is 8.03. The quantitative estimate of drug-likeness (QED) is 0.726. The molecule has 4 heteroatoms. The first-order valence-corrected chi connectivity index (χ1v) is 5.39. The lowest BCUT2D eigenvalue weighted by atomic mass is 10.2. The van der Waals surface area contributed by atoms with Crippen molar-refractivity contribution in [2.75, 3.05) is 19.0 Å². The van der Waals surface area contributed by atoms with Crippen molar-refractivity contribution in [2.45, 2.75) is 6.92 Å². The lowest BCUT2D eigenvalue weighted by Gasteiger charge is -2.13. The third-order valence-electron chi connectivity index (χ3n) is 1.96. The topological polar surface area (TPSA) is 40.5 Å². The van der Waals surface area contributed by atoms with E-state index in [-0.39, 0.29) is 0 Å². The highest BCUT2D eigenvalue weighted by molar-refractivity contribution is 7.47. The minimum Gasteiger partial charge on any atom is -0.378 e.